The average molecular weight is 337 g/mol. The Labute approximate surface area is 141 Å². The molecule has 0 saturated carbocycles. The number of nitrogens with zero attached hydrogens (tertiary/aromatic N) is 4. The maximum atomic E-state index is 12.0. The second-order valence-electron chi connectivity index (χ2n) is 5.60. The highest BCUT2D eigenvalue weighted by molar-refractivity contribution is 5.85. The van der Waals surface area contributed by atoms with Crippen molar-refractivity contribution >= 4 is 18.3 Å². The van der Waals surface area contributed by atoms with Crippen molar-refractivity contribution in [2.45, 2.75) is 32.4 Å². The van der Waals surface area contributed by atoms with Gasteiger partial charge in [-0.3, -0.25) is 4.79 Å². The van der Waals surface area contributed by atoms with Gasteiger partial charge in [-0.15, -0.1) is 22.6 Å². The minimum absolute atomic E-state index is 0. The van der Waals surface area contributed by atoms with Crippen LogP contribution in [0.4, 0.5) is 0 Å². The molecule has 1 aliphatic heterocycles. The molecule has 8 heteroatoms. The van der Waals surface area contributed by atoms with Crippen LogP contribution in [-0.2, 0) is 11.3 Å². The van der Waals surface area contributed by atoms with E-state index in [-0.39, 0.29) is 30.9 Å². The van der Waals surface area contributed by atoms with Crippen LogP contribution in [0.3, 0.4) is 0 Å². The smallest absolute Gasteiger partial charge is 0.243 e. The summed E-state index contributed by atoms with van der Waals surface area (Å²) in [7, 11) is 0. The van der Waals surface area contributed by atoms with Gasteiger partial charge in [0.1, 0.15) is 6.54 Å². The van der Waals surface area contributed by atoms with Crippen molar-refractivity contribution in [3.63, 3.8) is 0 Å². The van der Waals surface area contributed by atoms with Gasteiger partial charge in [-0.1, -0.05) is 29.8 Å². The van der Waals surface area contributed by atoms with Gasteiger partial charge in [-0.25, -0.2) is 0 Å². The second kappa shape index (κ2) is 8.03. The third-order valence-electron chi connectivity index (χ3n) is 3.75. The van der Waals surface area contributed by atoms with Crippen LogP contribution in [0.2, 0.25) is 0 Å². The van der Waals surface area contributed by atoms with Gasteiger partial charge in [0, 0.05) is 11.6 Å². The Kier molecular flexibility index (Phi) is 6.06. The van der Waals surface area contributed by atoms with E-state index in [4.69, 9.17) is 0 Å². The number of piperidine rings is 1. The highest BCUT2D eigenvalue weighted by Crippen LogP contribution is 2.13. The zero-order valence-electron chi connectivity index (χ0n) is 13.0. The SMILES string of the molecule is Cc1ccc(-c2nnn(CC(=O)NC3CCNCC3)n2)cc1.Cl. The largest absolute Gasteiger partial charge is 0.352 e. The number of carbonyl (C=O) groups is 1. The van der Waals surface area contributed by atoms with E-state index in [1.807, 2.05) is 31.2 Å². The third-order valence-corrected chi connectivity index (χ3v) is 3.75. The van der Waals surface area contributed by atoms with Gasteiger partial charge >= 0.3 is 0 Å². The van der Waals surface area contributed by atoms with Crippen LogP contribution in [0.5, 0.6) is 0 Å². The molecule has 2 heterocycles. The topological polar surface area (TPSA) is 84.7 Å². The zero-order chi connectivity index (χ0) is 15.4. The van der Waals surface area contributed by atoms with Crippen LogP contribution in [-0.4, -0.2) is 45.2 Å². The molecule has 0 spiro atoms. The van der Waals surface area contributed by atoms with Gasteiger partial charge < -0.3 is 10.6 Å². The summed E-state index contributed by atoms with van der Waals surface area (Å²) in [4.78, 5) is 13.3. The predicted molar refractivity (Wildman–Crippen MR) is 89.3 cm³/mol. The number of halogens is 1. The van der Waals surface area contributed by atoms with Crippen molar-refractivity contribution in [1.82, 2.24) is 30.8 Å². The van der Waals surface area contributed by atoms with E-state index in [0.717, 1.165) is 31.5 Å². The van der Waals surface area contributed by atoms with Crippen molar-refractivity contribution in [2.24, 2.45) is 0 Å². The summed E-state index contributed by atoms with van der Waals surface area (Å²) in [6.07, 6.45) is 1.93. The number of rotatable bonds is 4. The molecular weight excluding hydrogens is 316 g/mol. The molecule has 23 heavy (non-hydrogen) atoms. The van der Waals surface area contributed by atoms with Crippen molar-refractivity contribution in [2.75, 3.05) is 13.1 Å². The Hall–Kier alpha value is -1.99. The molecule has 0 unspecified atom stereocenters. The Bertz CT molecular complexity index is 636. The quantitative estimate of drug-likeness (QED) is 0.868. The summed E-state index contributed by atoms with van der Waals surface area (Å²) >= 11 is 0. The molecule has 1 aromatic carbocycles. The van der Waals surface area contributed by atoms with E-state index in [1.165, 1.54) is 10.4 Å². The molecule has 124 valence electrons. The lowest BCUT2D eigenvalue weighted by molar-refractivity contribution is -0.122. The fraction of sp³-hybridized carbons (Fsp3) is 0.467. The van der Waals surface area contributed by atoms with Gasteiger partial charge in [0.25, 0.3) is 0 Å². The first-order chi connectivity index (χ1) is 10.7. The normalized spacial score (nSPS) is 15.0. The molecule has 7 nitrogen and oxygen atoms in total. The molecule has 1 aliphatic rings. The lowest BCUT2D eigenvalue weighted by Crippen LogP contribution is -2.44. The molecule has 3 rings (SSSR count). The summed E-state index contributed by atoms with van der Waals surface area (Å²) in [5.41, 5.74) is 2.08. The summed E-state index contributed by atoms with van der Waals surface area (Å²) in [5, 5.41) is 18.5. The van der Waals surface area contributed by atoms with Crippen LogP contribution in [0.25, 0.3) is 11.4 Å². The van der Waals surface area contributed by atoms with E-state index in [1.54, 1.807) is 0 Å². The van der Waals surface area contributed by atoms with Gasteiger partial charge in [0.2, 0.25) is 11.7 Å². The number of aromatic nitrogens is 4. The van der Waals surface area contributed by atoms with E-state index in [0.29, 0.717) is 5.82 Å². The predicted octanol–water partition coefficient (Wildman–Crippen LogP) is 0.939. The number of nitrogens with one attached hydrogen (secondary N) is 2. The molecule has 1 aromatic heterocycles. The van der Waals surface area contributed by atoms with Crippen molar-refractivity contribution in [1.29, 1.82) is 0 Å². The molecule has 0 atom stereocenters. The number of hydrogen-bond donors (Lipinski definition) is 2. The first-order valence-corrected chi connectivity index (χ1v) is 7.55. The standard InChI is InChI=1S/C15H20N6O.ClH/c1-11-2-4-12(5-3-11)15-18-20-21(19-15)10-14(22)17-13-6-8-16-9-7-13;/h2-5,13,16H,6-10H2,1H3,(H,17,22);1H. The van der Waals surface area contributed by atoms with Gasteiger partial charge in [-0.05, 0) is 38.1 Å². The maximum absolute atomic E-state index is 12.0. The summed E-state index contributed by atoms with van der Waals surface area (Å²) in [5.74, 6) is 0.467. The molecule has 1 fully saturated rings. The van der Waals surface area contributed by atoms with Crippen molar-refractivity contribution in [3.8, 4) is 11.4 Å². The third kappa shape index (κ3) is 4.74. The summed E-state index contributed by atoms with van der Waals surface area (Å²) in [6.45, 7) is 4.02. The van der Waals surface area contributed by atoms with Crippen molar-refractivity contribution < 1.29 is 4.79 Å². The number of hydrogen-bond acceptors (Lipinski definition) is 5. The second-order valence-corrected chi connectivity index (χ2v) is 5.60. The lowest BCUT2D eigenvalue weighted by Gasteiger charge is -2.23. The average Bonchev–Trinajstić information content (AvgIpc) is 2.97. The first kappa shape index (κ1) is 17.4. The van der Waals surface area contributed by atoms with Crippen LogP contribution >= 0.6 is 12.4 Å². The number of aryl methyl sites for hydroxylation is 1. The minimum atomic E-state index is -0.0697. The summed E-state index contributed by atoms with van der Waals surface area (Å²) < 4.78 is 0. The van der Waals surface area contributed by atoms with E-state index in [9.17, 15) is 4.79 Å². The van der Waals surface area contributed by atoms with Gasteiger partial charge in [0.15, 0.2) is 0 Å². The van der Waals surface area contributed by atoms with E-state index < -0.39 is 0 Å². The van der Waals surface area contributed by atoms with Crippen LogP contribution < -0.4 is 10.6 Å². The molecule has 2 aromatic rings. The Morgan fingerprint density at radius 1 is 1.30 bits per heavy atom. The number of benzene rings is 1. The molecule has 1 amide bonds. The zero-order valence-corrected chi connectivity index (χ0v) is 13.8. The first-order valence-electron chi connectivity index (χ1n) is 7.55. The fourth-order valence-corrected chi connectivity index (χ4v) is 2.50. The summed E-state index contributed by atoms with van der Waals surface area (Å²) in [6, 6.07) is 8.14. The Balaban J connectivity index is 0.00000192. The van der Waals surface area contributed by atoms with Crippen LogP contribution in [0, 0.1) is 6.92 Å². The van der Waals surface area contributed by atoms with Gasteiger partial charge in [-0.2, -0.15) is 4.80 Å². The number of tetrazole rings is 1. The maximum Gasteiger partial charge on any atom is 0.243 e. The highest BCUT2D eigenvalue weighted by Gasteiger charge is 2.16. The highest BCUT2D eigenvalue weighted by atomic mass is 35.5. The molecule has 2 N–H and O–H groups in total. The minimum Gasteiger partial charge on any atom is -0.352 e. The molecule has 0 aliphatic carbocycles. The molecule has 1 saturated heterocycles. The Morgan fingerprint density at radius 2 is 2.00 bits per heavy atom. The number of carbonyl (C=O) groups excluding carboxylic acids is 1. The van der Waals surface area contributed by atoms with Gasteiger partial charge in [0.05, 0.1) is 0 Å². The van der Waals surface area contributed by atoms with E-state index >= 15 is 0 Å². The number of amides is 1. The lowest BCUT2D eigenvalue weighted by atomic mass is 10.1. The molecule has 0 bridgehead atoms. The molecule has 0 radical (unpaired) electrons. The molecular formula is C15H21ClN6O. The fourth-order valence-electron chi connectivity index (χ4n) is 2.50. The Morgan fingerprint density at radius 3 is 2.70 bits per heavy atom. The van der Waals surface area contributed by atoms with Crippen LogP contribution in [0.1, 0.15) is 18.4 Å². The van der Waals surface area contributed by atoms with Crippen LogP contribution in [0.15, 0.2) is 24.3 Å². The monoisotopic (exact) mass is 336 g/mol. The van der Waals surface area contributed by atoms with E-state index in [2.05, 4.69) is 26.0 Å². The van der Waals surface area contributed by atoms with Crippen molar-refractivity contribution in [3.05, 3.63) is 29.8 Å².